The van der Waals surface area contributed by atoms with Gasteiger partial charge in [0.2, 0.25) is 5.95 Å². The summed E-state index contributed by atoms with van der Waals surface area (Å²) in [5.74, 6) is -1.90. The van der Waals surface area contributed by atoms with Gasteiger partial charge in [-0.25, -0.2) is 9.78 Å². The highest BCUT2D eigenvalue weighted by atomic mass is 35.5. The van der Waals surface area contributed by atoms with Gasteiger partial charge in [-0.3, -0.25) is 4.79 Å². The topological polar surface area (TPSA) is 132 Å². The molecule has 0 aliphatic carbocycles. The summed E-state index contributed by atoms with van der Waals surface area (Å²) in [4.78, 5) is 32.9. The van der Waals surface area contributed by atoms with Gasteiger partial charge in [-0.15, -0.1) is 0 Å². The fraction of sp³-hybridized carbons (Fsp3) is 0.263. The highest BCUT2D eigenvalue weighted by Crippen LogP contribution is 2.27. The number of hydrogen-bond donors (Lipinski definition) is 5. The molecule has 1 fully saturated rings. The number of nitrogens with one attached hydrogen (secondary N) is 4. The van der Waals surface area contributed by atoms with Crippen molar-refractivity contribution in [3.63, 3.8) is 0 Å². The number of pyridine rings is 1. The third kappa shape index (κ3) is 6.70. The van der Waals surface area contributed by atoms with E-state index >= 15 is 0 Å². The van der Waals surface area contributed by atoms with Crippen LogP contribution in [0.15, 0.2) is 35.3 Å². The molecule has 1 atom stereocenters. The Balaban J connectivity index is 0.000000383. The maximum atomic E-state index is 12.3. The van der Waals surface area contributed by atoms with Crippen LogP contribution in [-0.4, -0.2) is 51.3 Å². The van der Waals surface area contributed by atoms with E-state index in [1.807, 2.05) is 0 Å². The van der Waals surface area contributed by atoms with Gasteiger partial charge in [-0.2, -0.15) is 18.2 Å². The number of carboxylic acid groups (broad SMARTS) is 1. The van der Waals surface area contributed by atoms with Crippen molar-refractivity contribution < 1.29 is 23.1 Å². The first kappa shape index (κ1) is 24.6. The smallest absolute Gasteiger partial charge is 0.475 e. The van der Waals surface area contributed by atoms with Gasteiger partial charge in [0.05, 0.1) is 5.52 Å². The number of H-pyrrole nitrogens is 1. The van der Waals surface area contributed by atoms with Crippen LogP contribution in [0.5, 0.6) is 0 Å². The number of aliphatic carboxylic acids is 1. The molecular formula is C19H17Cl2F3N6O3. The van der Waals surface area contributed by atoms with Gasteiger partial charge >= 0.3 is 12.1 Å². The molecule has 4 rings (SSSR count). The van der Waals surface area contributed by atoms with E-state index in [1.54, 1.807) is 30.5 Å². The van der Waals surface area contributed by atoms with Gasteiger partial charge in [0.15, 0.2) is 0 Å². The van der Waals surface area contributed by atoms with Crippen molar-refractivity contribution in [2.45, 2.75) is 18.6 Å². The van der Waals surface area contributed by atoms with E-state index in [-0.39, 0.29) is 11.6 Å². The second-order valence-corrected chi connectivity index (χ2v) is 7.76. The standard InChI is InChI=1S/C17H16Cl2N6O.C2HF3O2/c18-9-5-10(19)7-12(6-9)22-15-14-13(2-4-21-16(14)26)24-17(25-15)23-11-1-3-20-8-11;3-2(4,5)1(6)7/h2,4-7,11,20H,1,3,8H2,(H,21,26)(H2,22,23,24,25);(H,6,7)/t11-;/m1./s1. The summed E-state index contributed by atoms with van der Waals surface area (Å²) in [5, 5.41) is 18.2. The Hall–Kier alpha value is -3.09. The van der Waals surface area contributed by atoms with Crippen LogP contribution in [0.2, 0.25) is 10.0 Å². The van der Waals surface area contributed by atoms with Gasteiger partial charge in [0, 0.05) is 34.5 Å². The second kappa shape index (κ2) is 10.2. The molecule has 176 valence electrons. The fourth-order valence-corrected chi connectivity index (χ4v) is 3.50. The lowest BCUT2D eigenvalue weighted by atomic mass is 10.2. The molecular weight excluding hydrogens is 488 g/mol. The SMILES string of the molecule is O=C(O)C(F)(F)F.O=c1[nH]ccc2nc(N[C@@H]3CCNC3)nc(Nc3cc(Cl)cc(Cl)c3)c12. The molecule has 1 aromatic carbocycles. The van der Waals surface area contributed by atoms with Crippen molar-refractivity contribution in [1.29, 1.82) is 0 Å². The van der Waals surface area contributed by atoms with Crippen LogP contribution in [0.4, 0.5) is 30.6 Å². The highest BCUT2D eigenvalue weighted by Gasteiger charge is 2.38. The zero-order chi connectivity index (χ0) is 24.2. The summed E-state index contributed by atoms with van der Waals surface area (Å²) in [6, 6.07) is 7.06. The molecule has 0 saturated carbocycles. The Kier molecular flexibility index (Phi) is 7.61. The van der Waals surface area contributed by atoms with Gasteiger partial charge < -0.3 is 26.0 Å². The van der Waals surface area contributed by atoms with Gasteiger partial charge in [0.1, 0.15) is 11.2 Å². The Morgan fingerprint density at radius 2 is 1.85 bits per heavy atom. The summed E-state index contributed by atoms with van der Waals surface area (Å²) in [5.41, 5.74) is 0.916. The summed E-state index contributed by atoms with van der Waals surface area (Å²) in [7, 11) is 0. The molecule has 1 aliphatic heterocycles. The van der Waals surface area contributed by atoms with Crippen LogP contribution in [0, 0.1) is 0 Å². The van der Waals surface area contributed by atoms with Gasteiger partial charge in [-0.05, 0) is 37.2 Å². The van der Waals surface area contributed by atoms with E-state index in [0.29, 0.717) is 38.4 Å². The van der Waals surface area contributed by atoms with E-state index in [0.717, 1.165) is 19.5 Å². The van der Waals surface area contributed by atoms with E-state index in [1.165, 1.54) is 0 Å². The second-order valence-electron chi connectivity index (χ2n) is 6.88. The first-order valence-corrected chi connectivity index (χ1v) is 10.2. The minimum absolute atomic E-state index is 0.253. The maximum Gasteiger partial charge on any atom is 0.490 e. The van der Waals surface area contributed by atoms with Crippen molar-refractivity contribution in [2.24, 2.45) is 0 Å². The summed E-state index contributed by atoms with van der Waals surface area (Å²) in [6.45, 7) is 1.81. The van der Waals surface area contributed by atoms with Crippen molar-refractivity contribution in [1.82, 2.24) is 20.3 Å². The first-order valence-electron chi connectivity index (χ1n) is 9.43. The van der Waals surface area contributed by atoms with Crippen LogP contribution >= 0.6 is 23.2 Å². The Bertz CT molecular complexity index is 1200. The normalized spacial score (nSPS) is 15.6. The minimum atomic E-state index is -5.08. The highest BCUT2D eigenvalue weighted by molar-refractivity contribution is 6.35. The molecule has 1 aliphatic rings. The number of alkyl halides is 3. The number of nitrogens with zero attached hydrogens (tertiary/aromatic N) is 2. The first-order chi connectivity index (χ1) is 15.5. The lowest BCUT2D eigenvalue weighted by molar-refractivity contribution is -0.192. The summed E-state index contributed by atoms with van der Waals surface area (Å²) in [6.07, 6.45) is -2.53. The molecule has 2 aromatic heterocycles. The molecule has 3 heterocycles. The number of hydrogen-bond acceptors (Lipinski definition) is 7. The predicted octanol–water partition coefficient (Wildman–Crippen LogP) is 3.78. The zero-order valence-electron chi connectivity index (χ0n) is 16.6. The molecule has 0 spiro atoms. The maximum absolute atomic E-state index is 12.3. The molecule has 5 N–H and O–H groups in total. The van der Waals surface area contributed by atoms with Crippen LogP contribution in [0.1, 0.15) is 6.42 Å². The third-order valence-electron chi connectivity index (χ3n) is 4.38. The molecule has 3 aromatic rings. The Labute approximate surface area is 194 Å². The lowest BCUT2D eigenvalue weighted by Crippen LogP contribution is -2.24. The van der Waals surface area contributed by atoms with Crippen LogP contribution in [-0.2, 0) is 4.79 Å². The van der Waals surface area contributed by atoms with E-state index < -0.39 is 12.1 Å². The van der Waals surface area contributed by atoms with Crippen molar-refractivity contribution in [3.05, 3.63) is 50.9 Å². The summed E-state index contributed by atoms with van der Waals surface area (Å²) < 4.78 is 31.7. The number of benzene rings is 1. The van der Waals surface area contributed by atoms with Crippen molar-refractivity contribution >= 4 is 57.5 Å². The average Bonchev–Trinajstić information content (AvgIpc) is 3.20. The van der Waals surface area contributed by atoms with Gasteiger partial charge in [-0.1, -0.05) is 23.2 Å². The van der Waals surface area contributed by atoms with Gasteiger partial charge in [0.25, 0.3) is 5.56 Å². The van der Waals surface area contributed by atoms with E-state index in [9.17, 15) is 18.0 Å². The predicted molar refractivity (Wildman–Crippen MR) is 118 cm³/mol. The molecule has 0 bridgehead atoms. The molecule has 9 nitrogen and oxygen atoms in total. The van der Waals surface area contributed by atoms with E-state index in [4.69, 9.17) is 33.1 Å². The monoisotopic (exact) mass is 504 g/mol. The largest absolute Gasteiger partial charge is 0.490 e. The van der Waals surface area contributed by atoms with Crippen LogP contribution in [0.3, 0.4) is 0 Å². The molecule has 0 radical (unpaired) electrons. The number of rotatable bonds is 4. The van der Waals surface area contributed by atoms with Crippen molar-refractivity contribution in [3.8, 4) is 0 Å². The quantitative estimate of drug-likeness (QED) is 0.362. The average molecular weight is 505 g/mol. The van der Waals surface area contributed by atoms with Crippen LogP contribution < -0.4 is 21.5 Å². The lowest BCUT2D eigenvalue weighted by Gasteiger charge is -2.14. The number of fused-ring (bicyclic) bond motifs is 1. The molecule has 0 amide bonds. The molecule has 33 heavy (non-hydrogen) atoms. The van der Waals surface area contributed by atoms with Crippen molar-refractivity contribution in [2.75, 3.05) is 23.7 Å². The van der Waals surface area contributed by atoms with E-state index in [2.05, 4.69) is 30.9 Å². The minimum Gasteiger partial charge on any atom is -0.475 e. The van der Waals surface area contributed by atoms with Crippen LogP contribution in [0.25, 0.3) is 10.9 Å². The molecule has 0 unspecified atom stereocenters. The number of aromatic amines is 1. The number of aromatic nitrogens is 3. The summed E-state index contributed by atoms with van der Waals surface area (Å²) >= 11 is 12.1. The molecule has 1 saturated heterocycles. The Morgan fingerprint density at radius 1 is 1.18 bits per heavy atom. The number of anilines is 3. The number of carboxylic acids is 1. The number of halogens is 5. The Morgan fingerprint density at radius 3 is 2.42 bits per heavy atom. The molecule has 14 heteroatoms. The third-order valence-corrected chi connectivity index (χ3v) is 4.82. The fourth-order valence-electron chi connectivity index (χ4n) is 2.97. The zero-order valence-corrected chi connectivity index (χ0v) is 18.1. The number of carbonyl (C=O) groups is 1.